The van der Waals surface area contributed by atoms with E-state index in [-0.39, 0.29) is 11.0 Å². The molecule has 0 unspecified atom stereocenters. The Morgan fingerprint density at radius 3 is 2.53 bits per heavy atom. The lowest BCUT2D eigenvalue weighted by atomic mass is 10.1. The van der Waals surface area contributed by atoms with E-state index in [1.165, 1.54) is 5.56 Å². The third-order valence-corrected chi connectivity index (χ3v) is 8.18. The summed E-state index contributed by atoms with van der Waals surface area (Å²) >= 11 is 0. The normalized spacial score (nSPS) is 16.0. The molecule has 0 atom stereocenters. The molecular weight excluding hydrogens is 400 g/mol. The van der Waals surface area contributed by atoms with E-state index in [1.807, 2.05) is 30.3 Å². The average molecular weight is 425 g/mol. The van der Waals surface area contributed by atoms with Crippen LogP contribution in [0.4, 0.5) is 11.4 Å². The van der Waals surface area contributed by atoms with Crippen LogP contribution < -0.4 is 14.4 Å². The molecule has 6 nitrogen and oxygen atoms in total. The Hall–Kier alpha value is -2.80. The van der Waals surface area contributed by atoms with Crippen molar-refractivity contribution in [3.05, 3.63) is 53.7 Å². The molecule has 156 valence electrons. The molecule has 0 bridgehead atoms. The molecule has 1 fully saturated rings. The number of methoxy groups -OCH3 is 2. The average Bonchev–Trinajstić information content (AvgIpc) is 3.53. The van der Waals surface area contributed by atoms with Crippen LogP contribution in [0.25, 0.3) is 10.9 Å². The Kier molecular flexibility index (Phi) is 4.58. The molecule has 30 heavy (non-hydrogen) atoms. The quantitative estimate of drug-likeness (QED) is 0.595. The standard InChI is InChI=1S/C23H24N2O4S/c1-28-22-12-18-19(13-23(22)29-2)24-9-7-21(18)25-10-8-16-11-15(3-6-20(16)25)14-30(26,27)17-4-5-17/h3,6-7,9,11-13,17H,4-5,8,10,14H2,1-2H3. The molecule has 2 aliphatic rings. The molecule has 0 saturated heterocycles. The molecule has 7 heteroatoms. The van der Waals surface area contributed by atoms with E-state index < -0.39 is 9.84 Å². The first-order chi connectivity index (χ1) is 14.5. The van der Waals surface area contributed by atoms with Crippen LogP contribution >= 0.6 is 0 Å². The van der Waals surface area contributed by atoms with Crippen molar-refractivity contribution in [2.24, 2.45) is 0 Å². The number of nitrogens with zero attached hydrogens (tertiary/aromatic N) is 2. The Labute approximate surface area is 176 Å². The van der Waals surface area contributed by atoms with E-state index in [9.17, 15) is 8.42 Å². The molecule has 2 heterocycles. The van der Waals surface area contributed by atoms with Crippen molar-refractivity contribution in [3.8, 4) is 11.5 Å². The maximum atomic E-state index is 12.4. The van der Waals surface area contributed by atoms with E-state index in [1.54, 1.807) is 20.4 Å². The SMILES string of the molecule is COc1cc2nccc(N3CCc4cc(CS(=O)(=O)C5CC5)ccc43)c2cc1OC. The first-order valence-corrected chi connectivity index (χ1v) is 11.8. The fourth-order valence-corrected chi connectivity index (χ4v) is 6.00. The second-order valence-electron chi connectivity index (χ2n) is 7.93. The Bertz CT molecular complexity index is 1240. The minimum atomic E-state index is -3.01. The second kappa shape index (κ2) is 7.16. The topological polar surface area (TPSA) is 68.7 Å². The summed E-state index contributed by atoms with van der Waals surface area (Å²) in [5.41, 5.74) is 5.08. The number of ether oxygens (including phenoxy) is 2. The van der Waals surface area contributed by atoms with Crippen LogP contribution in [-0.4, -0.2) is 39.4 Å². The number of hydrogen-bond donors (Lipinski definition) is 0. The van der Waals surface area contributed by atoms with Gasteiger partial charge in [0.2, 0.25) is 0 Å². The van der Waals surface area contributed by atoms with Crippen LogP contribution in [0.5, 0.6) is 11.5 Å². The minimum Gasteiger partial charge on any atom is -0.493 e. The van der Waals surface area contributed by atoms with Gasteiger partial charge in [0.15, 0.2) is 21.3 Å². The highest BCUT2D eigenvalue weighted by atomic mass is 32.2. The van der Waals surface area contributed by atoms with Gasteiger partial charge in [0.25, 0.3) is 0 Å². The first-order valence-electron chi connectivity index (χ1n) is 10.1. The van der Waals surface area contributed by atoms with Gasteiger partial charge in [-0.25, -0.2) is 8.42 Å². The van der Waals surface area contributed by atoms with Crippen molar-refractivity contribution in [3.63, 3.8) is 0 Å². The molecule has 0 N–H and O–H groups in total. The van der Waals surface area contributed by atoms with Gasteiger partial charge in [-0.1, -0.05) is 12.1 Å². The number of hydrogen-bond acceptors (Lipinski definition) is 6. The lowest BCUT2D eigenvalue weighted by molar-refractivity contribution is 0.356. The Balaban J connectivity index is 1.52. The van der Waals surface area contributed by atoms with Crippen LogP contribution in [0.1, 0.15) is 24.0 Å². The minimum absolute atomic E-state index is 0.127. The van der Waals surface area contributed by atoms with Crippen molar-refractivity contribution in [1.82, 2.24) is 4.98 Å². The number of benzene rings is 2. The summed E-state index contributed by atoms with van der Waals surface area (Å²) in [6.07, 6.45) is 4.30. The van der Waals surface area contributed by atoms with Gasteiger partial charge in [-0.15, -0.1) is 0 Å². The van der Waals surface area contributed by atoms with Crippen molar-refractivity contribution >= 4 is 32.1 Å². The van der Waals surface area contributed by atoms with E-state index in [4.69, 9.17) is 9.47 Å². The van der Waals surface area contributed by atoms with Gasteiger partial charge in [0.1, 0.15) is 0 Å². The fraction of sp³-hybridized carbons (Fsp3) is 0.348. The third-order valence-electron chi connectivity index (χ3n) is 5.95. The number of sulfone groups is 1. The van der Waals surface area contributed by atoms with Crippen molar-refractivity contribution in [2.45, 2.75) is 30.3 Å². The smallest absolute Gasteiger partial charge is 0.162 e. The van der Waals surface area contributed by atoms with Crippen molar-refractivity contribution in [2.75, 3.05) is 25.7 Å². The summed E-state index contributed by atoms with van der Waals surface area (Å²) in [6.45, 7) is 0.835. The van der Waals surface area contributed by atoms with Gasteiger partial charge in [-0.05, 0) is 48.6 Å². The number of aromatic nitrogens is 1. The predicted molar refractivity (Wildman–Crippen MR) is 118 cm³/mol. The summed E-state index contributed by atoms with van der Waals surface area (Å²) in [4.78, 5) is 6.77. The fourth-order valence-electron chi connectivity index (χ4n) is 4.27. The van der Waals surface area contributed by atoms with Crippen LogP contribution in [0.15, 0.2) is 42.6 Å². The Morgan fingerprint density at radius 2 is 1.80 bits per heavy atom. The highest BCUT2D eigenvalue weighted by molar-refractivity contribution is 7.91. The van der Waals surface area contributed by atoms with Gasteiger partial charge < -0.3 is 14.4 Å². The van der Waals surface area contributed by atoms with Gasteiger partial charge in [0.05, 0.1) is 36.4 Å². The second-order valence-corrected chi connectivity index (χ2v) is 10.2. The lowest BCUT2D eigenvalue weighted by Crippen LogP contribution is -2.14. The molecular formula is C23H24N2O4S. The van der Waals surface area contributed by atoms with Crippen LogP contribution in [-0.2, 0) is 22.0 Å². The zero-order valence-electron chi connectivity index (χ0n) is 17.1. The van der Waals surface area contributed by atoms with Gasteiger partial charge >= 0.3 is 0 Å². The molecule has 2 aromatic carbocycles. The first kappa shape index (κ1) is 19.2. The molecule has 5 rings (SSSR count). The molecule has 1 aliphatic carbocycles. The monoisotopic (exact) mass is 424 g/mol. The highest BCUT2D eigenvalue weighted by Crippen LogP contribution is 2.41. The molecule has 3 aromatic rings. The Morgan fingerprint density at radius 1 is 1.03 bits per heavy atom. The zero-order valence-corrected chi connectivity index (χ0v) is 17.9. The maximum Gasteiger partial charge on any atom is 0.162 e. The molecule has 0 radical (unpaired) electrons. The van der Waals surface area contributed by atoms with Crippen LogP contribution in [0.2, 0.25) is 0 Å². The molecule has 1 aliphatic heterocycles. The maximum absolute atomic E-state index is 12.4. The number of anilines is 2. The third kappa shape index (κ3) is 3.27. The lowest BCUT2D eigenvalue weighted by Gasteiger charge is -2.22. The summed E-state index contributed by atoms with van der Waals surface area (Å²) in [5.74, 6) is 1.46. The van der Waals surface area contributed by atoms with E-state index in [2.05, 4.69) is 16.0 Å². The summed E-state index contributed by atoms with van der Waals surface area (Å²) in [6, 6.07) is 11.9. The van der Waals surface area contributed by atoms with Crippen molar-refractivity contribution < 1.29 is 17.9 Å². The van der Waals surface area contributed by atoms with E-state index in [0.717, 1.165) is 53.6 Å². The zero-order chi connectivity index (χ0) is 20.9. The molecule has 1 aromatic heterocycles. The van der Waals surface area contributed by atoms with Gasteiger partial charge in [0, 0.05) is 29.9 Å². The van der Waals surface area contributed by atoms with Crippen molar-refractivity contribution in [1.29, 1.82) is 0 Å². The number of rotatable bonds is 6. The van der Waals surface area contributed by atoms with Gasteiger partial charge in [-0.3, -0.25) is 4.98 Å². The molecule has 1 saturated carbocycles. The molecule has 0 amide bonds. The molecule has 0 spiro atoms. The number of fused-ring (bicyclic) bond motifs is 2. The predicted octanol–water partition coefficient (Wildman–Crippen LogP) is 4.02. The van der Waals surface area contributed by atoms with Gasteiger partial charge in [-0.2, -0.15) is 0 Å². The number of pyridine rings is 1. The summed E-state index contributed by atoms with van der Waals surface area (Å²) < 4.78 is 35.6. The van der Waals surface area contributed by atoms with E-state index in [0.29, 0.717) is 11.5 Å². The van der Waals surface area contributed by atoms with Crippen LogP contribution in [0, 0.1) is 0 Å². The van der Waals surface area contributed by atoms with E-state index >= 15 is 0 Å². The summed E-state index contributed by atoms with van der Waals surface area (Å²) in [5, 5.41) is 0.862. The van der Waals surface area contributed by atoms with Crippen LogP contribution in [0.3, 0.4) is 0 Å². The summed E-state index contributed by atoms with van der Waals surface area (Å²) in [7, 11) is 0.229. The highest BCUT2D eigenvalue weighted by Gasteiger charge is 2.35. The largest absolute Gasteiger partial charge is 0.493 e.